The number of benzene rings is 1. The van der Waals surface area contributed by atoms with Crippen LogP contribution in [-0.4, -0.2) is 12.0 Å². The second-order valence-electron chi connectivity index (χ2n) is 3.87. The van der Waals surface area contributed by atoms with E-state index in [1.807, 2.05) is 31.1 Å². The molecule has 0 unspecified atom stereocenters. The summed E-state index contributed by atoms with van der Waals surface area (Å²) in [7, 11) is 1.91. The smallest absolute Gasteiger partial charge is 0.129 e. The molecule has 0 fully saturated rings. The minimum absolute atomic E-state index is 0.938. The van der Waals surface area contributed by atoms with E-state index in [9.17, 15) is 0 Å². The van der Waals surface area contributed by atoms with E-state index in [0.717, 1.165) is 11.6 Å². The van der Waals surface area contributed by atoms with Crippen molar-refractivity contribution in [3.05, 3.63) is 53.7 Å². The van der Waals surface area contributed by atoms with Crippen LogP contribution in [0.15, 0.2) is 47.5 Å². The van der Waals surface area contributed by atoms with Crippen LogP contribution in [0.1, 0.15) is 11.1 Å². The third-order valence-electron chi connectivity index (χ3n) is 2.51. The number of pyridine rings is 1. The summed E-state index contributed by atoms with van der Waals surface area (Å²) in [6.07, 6.45) is 1.81. The fraction of sp³-hybridized carbons (Fsp3) is 0.214. The number of hydrogen-bond donors (Lipinski definition) is 1. The average molecular weight is 244 g/mol. The molecular weight excluding hydrogens is 228 g/mol. The van der Waals surface area contributed by atoms with Gasteiger partial charge in [-0.15, -0.1) is 11.8 Å². The van der Waals surface area contributed by atoms with Crippen molar-refractivity contribution in [1.82, 2.24) is 4.98 Å². The molecule has 0 saturated carbocycles. The number of nitrogens with one attached hydrogen (secondary N) is 1. The summed E-state index contributed by atoms with van der Waals surface area (Å²) in [6, 6.07) is 12.7. The molecular formula is C14H16N2S. The molecule has 1 heterocycles. The number of aromatic nitrogens is 1. The lowest BCUT2D eigenvalue weighted by Crippen LogP contribution is -1.96. The van der Waals surface area contributed by atoms with Gasteiger partial charge in [0.25, 0.3) is 0 Å². The summed E-state index contributed by atoms with van der Waals surface area (Å²) >= 11 is 1.84. The number of rotatable bonds is 4. The fourth-order valence-electron chi connectivity index (χ4n) is 1.65. The van der Waals surface area contributed by atoms with E-state index in [1.165, 1.54) is 16.0 Å². The first kappa shape index (κ1) is 12.0. The average Bonchev–Trinajstić information content (AvgIpc) is 2.37. The van der Waals surface area contributed by atoms with Gasteiger partial charge in [0.1, 0.15) is 5.82 Å². The van der Waals surface area contributed by atoms with Gasteiger partial charge in [-0.1, -0.05) is 23.8 Å². The zero-order valence-corrected chi connectivity index (χ0v) is 10.9. The summed E-state index contributed by atoms with van der Waals surface area (Å²) in [5, 5.41) is 3.12. The Labute approximate surface area is 106 Å². The first-order valence-electron chi connectivity index (χ1n) is 5.60. The topological polar surface area (TPSA) is 24.9 Å². The SMILES string of the molecule is CNc1ncccc1CSc1cccc(C)c1. The fourth-order valence-corrected chi connectivity index (χ4v) is 2.65. The van der Waals surface area contributed by atoms with Crippen molar-refractivity contribution < 1.29 is 0 Å². The Morgan fingerprint density at radius 1 is 1.24 bits per heavy atom. The summed E-state index contributed by atoms with van der Waals surface area (Å²) in [6.45, 7) is 2.12. The highest BCUT2D eigenvalue weighted by Gasteiger charge is 2.02. The molecule has 0 bridgehead atoms. The van der Waals surface area contributed by atoms with Gasteiger partial charge in [-0.05, 0) is 25.1 Å². The van der Waals surface area contributed by atoms with Gasteiger partial charge in [0, 0.05) is 29.5 Å². The van der Waals surface area contributed by atoms with Crippen LogP contribution in [0.25, 0.3) is 0 Å². The molecule has 0 amide bonds. The highest BCUT2D eigenvalue weighted by molar-refractivity contribution is 7.98. The number of hydrogen-bond acceptors (Lipinski definition) is 3. The van der Waals surface area contributed by atoms with Gasteiger partial charge in [0.2, 0.25) is 0 Å². The summed E-state index contributed by atoms with van der Waals surface area (Å²) in [4.78, 5) is 5.60. The molecule has 88 valence electrons. The highest BCUT2D eigenvalue weighted by Crippen LogP contribution is 2.25. The number of nitrogens with zero attached hydrogens (tertiary/aromatic N) is 1. The lowest BCUT2D eigenvalue weighted by atomic mass is 10.2. The third-order valence-corrected chi connectivity index (χ3v) is 3.55. The Bertz CT molecular complexity index is 497. The van der Waals surface area contributed by atoms with Crippen LogP contribution in [0.4, 0.5) is 5.82 Å². The van der Waals surface area contributed by atoms with Crippen LogP contribution in [0.5, 0.6) is 0 Å². The molecule has 0 spiro atoms. The molecule has 0 saturated heterocycles. The number of thioether (sulfide) groups is 1. The van der Waals surface area contributed by atoms with Crippen molar-refractivity contribution in [3.8, 4) is 0 Å². The minimum atomic E-state index is 0.938. The van der Waals surface area contributed by atoms with E-state index in [4.69, 9.17) is 0 Å². The Morgan fingerprint density at radius 3 is 2.88 bits per heavy atom. The second kappa shape index (κ2) is 5.73. The predicted octanol–water partition coefficient (Wildman–Crippen LogP) is 3.72. The normalized spacial score (nSPS) is 10.2. The second-order valence-corrected chi connectivity index (χ2v) is 4.92. The molecule has 1 aromatic carbocycles. The van der Waals surface area contributed by atoms with E-state index in [0.29, 0.717) is 0 Å². The summed E-state index contributed by atoms with van der Waals surface area (Å²) in [5.41, 5.74) is 2.54. The molecule has 0 atom stereocenters. The third kappa shape index (κ3) is 3.24. The van der Waals surface area contributed by atoms with Gasteiger partial charge in [0.15, 0.2) is 0 Å². The Kier molecular flexibility index (Phi) is 4.04. The van der Waals surface area contributed by atoms with Crippen molar-refractivity contribution in [2.24, 2.45) is 0 Å². The zero-order valence-electron chi connectivity index (χ0n) is 10.1. The van der Waals surface area contributed by atoms with E-state index < -0.39 is 0 Å². The largest absolute Gasteiger partial charge is 0.373 e. The molecule has 2 nitrogen and oxygen atoms in total. The molecule has 3 heteroatoms. The quantitative estimate of drug-likeness (QED) is 0.830. The Balaban J connectivity index is 2.07. The Hall–Kier alpha value is -1.48. The Morgan fingerprint density at radius 2 is 2.12 bits per heavy atom. The van der Waals surface area contributed by atoms with Crippen LogP contribution in [0.3, 0.4) is 0 Å². The van der Waals surface area contributed by atoms with Crippen molar-refractivity contribution in [1.29, 1.82) is 0 Å². The van der Waals surface area contributed by atoms with E-state index in [-0.39, 0.29) is 0 Å². The van der Waals surface area contributed by atoms with Crippen LogP contribution >= 0.6 is 11.8 Å². The highest BCUT2D eigenvalue weighted by atomic mass is 32.2. The lowest BCUT2D eigenvalue weighted by Gasteiger charge is -2.07. The molecule has 1 N–H and O–H groups in total. The maximum Gasteiger partial charge on any atom is 0.129 e. The van der Waals surface area contributed by atoms with Crippen LogP contribution < -0.4 is 5.32 Å². The van der Waals surface area contributed by atoms with Crippen LogP contribution in [0.2, 0.25) is 0 Å². The van der Waals surface area contributed by atoms with Gasteiger partial charge in [0.05, 0.1) is 0 Å². The zero-order chi connectivity index (χ0) is 12.1. The molecule has 0 aliphatic rings. The first-order chi connectivity index (χ1) is 8.29. The minimum Gasteiger partial charge on any atom is -0.373 e. The molecule has 0 aliphatic carbocycles. The van der Waals surface area contributed by atoms with Crippen molar-refractivity contribution in [2.75, 3.05) is 12.4 Å². The molecule has 1 aromatic heterocycles. The predicted molar refractivity (Wildman–Crippen MR) is 74.5 cm³/mol. The molecule has 2 rings (SSSR count). The van der Waals surface area contributed by atoms with Gasteiger partial charge in [-0.3, -0.25) is 0 Å². The van der Waals surface area contributed by atoms with Gasteiger partial charge in [-0.2, -0.15) is 0 Å². The van der Waals surface area contributed by atoms with E-state index in [1.54, 1.807) is 0 Å². The standard InChI is InChI=1S/C14H16N2S/c1-11-5-3-7-13(9-11)17-10-12-6-4-8-16-14(12)15-2/h3-9H,10H2,1-2H3,(H,15,16). The van der Waals surface area contributed by atoms with Gasteiger partial charge >= 0.3 is 0 Å². The molecule has 0 aliphatic heterocycles. The maximum atomic E-state index is 4.30. The number of anilines is 1. The molecule has 2 aromatic rings. The number of aryl methyl sites for hydroxylation is 1. The lowest BCUT2D eigenvalue weighted by molar-refractivity contribution is 1.22. The molecule has 0 radical (unpaired) electrons. The van der Waals surface area contributed by atoms with Gasteiger partial charge in [-0.25, -0.2) is 4.98 Å². The summed E-state index contributed by atoms with van der Waals surface area (Å²) < 4.78 is 0. The van der Waals surface area contributed by atoms with Gasteiger partial charge < -0.3 is 5.32 Å². The molecule has 17 heavy (non-hydrogen) atoms. The monoisotopic (exact) mass is 244 g/mol. The van der Waals surface area contributed by atoms with Crippen LogP contribution in [-0.2, 0) is 5.75 Å². The van der Waals surface area contributed by atoms with Crippen molar-refractivity contribution in [3.63, 3.8) is 0 Å². The van der Waals surface area contributed by atoms with E-state index in [2.05, 4.69) is 47.6 Å². The maximum absolute atomic E-state index is 4.30. The van der Waals surface area contributed by atoms with E-state index >= 15 is 0 Å². The van der Waals surface area contributed by atoms with Crippen LogP contribution in [0, 0.1) is 6.92 Å². The van der Waals surface area contributed by atoms with Crippen molar-refractivity contribution >= 4 is 17.6 Å². The van der Waals surface area contributed by atoms with Crippen molar-refractivity contribution in [2.45, 2.75) is 17.6 Å². The first-order valence-corrected chi connectivity index (χ1v) is 6.59. The summed E-state index contributed by atoms with van der Waals surface area (Å²) in [5.74, 6) is 1.90.